The molecule has 1 N–H and O–H groups in total. The van der Waals surface area contributed by atoms with Crippen molar-refractivity contribution in [3.05, 3.63) is 35.4 Å². The van der Waals surface area contributed by atoms with E-state index in [9.17, 15) is 18.0 Å². The molecule has 1 unspecified atom stereocenters. The van der Waals surface area contributed by atoms with Crippen LogP contribution in [0.3, 0.4) is 0 Å². The first kappa shape index (κ1) is 13.0. The van der Waals surface area contributed by atoms with Gasteiger partial charge >= 0.3 is 12.1 Å². The van der Waals surface area contributed by atoms with Crippen LogP contribution in [0, 0.1) is 0 Å². The molecular weight excluding hydrogens is 289 g/mol. The topological polar surface area (TPSA) is 37.3 Å². The van der Waals surface area contributed by atoms with Gasteiger partial charge in [0.15, 0.2) is 0 Å². The van der Waals surface area contributed by atoms with Crippen molar-refractivity contribution in [1.29, 1.82) is 0 Å². The van der Waals surface area contributed by atoms with Gasteiger partial charge in [0.1, 0.15) is 0 Å². The Morgan fingerprint density at radius 1 is 1.44 bits per heavy atom. The molecule has 0 aromatic heterocycles. The summed E-state index contributed by atoms with van der Waals surface area (Å²) < 4.78 is 37.1. The Hall–Kier alpha value is -1.04. The standard InChI is InChI=1S/C10H8BrF3O2/c11-8(5-9(15)16)6-2-1-3-7(4-6)10(12,13)14/h1-4,8H,5H2,(H,15,16). The summed E-state index contributed by atoms with van der Waals surface area (Å²) in [4.78, 5) is 9.79. The fourth-order valence-electron chi connectivity index (χ4n) is 1.18. The molecule has 0 amide bonds. The molecule has 88 valence electrons. The predicted molar refractivity (Wildman–Crippen MR) is 55.4 cm³/mol. The van der Waals surface area contributed by atoms with Gasteiger partial charge in [-0.3, -0.25) is 4.79 Å². The van der Waals surface area contributed by atoms with Crippen LogP contribution in [0.1, 0.15) is 22.4 Å². The van der Waals surface area contributed by atoms with Gasteiger partial charge < -0.3 is 5.11 Å². The van der Waals surface area contributed by atoms with Crippen LogP contribution in [0.2, 0.25) is 0 Å². The summed E-state index contributed by atoms with van der Waals surface area (Å²) in [5.74, 6) is -1.07. The van der Waals surface area contributed by atoms with Crippen molar-refractivity contribution >= 4 is 21.9 Å². The zero-order chi connectivity index (χ0) is 12.3. The molecular formula is C10H8BrF3O2. The summed E-state index contributed by atoms with van der Waals surface area (Å²) in [6.07, 6.45) is -4.67. The maximum Gasteiger partial charge on any atom is 0.416 e. The molecule has 1 aromatic rings. The van der Waals surface area contributed by atoms with E-state index in [1.165, 1.54) is 12.1 Å². The molecule has 1 rings (SSSR count). The number of carboxylic acids is 1. The SMILES string of the molecule is O=C(O)CC(Br)c1cccc(C(F)(F)F)c1. The average molecular weight is 297 g/mol. The van der Waals surface area contributed by atoms with Gasteiger partial charge in [-0.15, -0.1) is 0 Å². The third-order valence-corrected chi connectivity index (χ3v) is 2.78. The number of hydrogen-bond acceptors (Lipinski definition) is 1. The molecule has 0 spiro atoms. The largest absolute Gasteiger partial charge is 0.481 e. The van der Waals surface area contributed by atoms with E-state index in [0.717, 1.165) is 12.1 Å². The van der Waals surface area contributed by atoms with E-state index < -0.39 is 22.5 Å². The van der Waals surface area contributed by atoms with Crippen LogP contribution in [-0.2, 0) is 11.0 Å². The first-order valence-corrected chi connectivity index (χ1v) is 5.25. The second kappa shape index (κ2) is 4.86. The summed E-state index contributed by atoms with van der Waals surface area (Å²) in [5, 5.41) is 8.52. The molecule has 0 bridgehead atoms. The van der Waals surface area contributed by atoms with Crippen molar-refractivity contribution < 1.29 is 23.1 Å². The lowest BCUT2D eigenvalue weighted by molar-refractivity contribution is -0.137. The zero-order valence-corrected chi connectivity index (χ0v) is 9.55. The van der Waals surface area contributed by atoms with Gasteiger partial charge in [0.05, 0.1) is 12.0 Å². The summed E-state index contributed by atoms with van der Waals surface area (Å²) in [6, 6.07) is 4.61. The molecule has 0 radical (unpaired) electrons. The Morgan fingerprint density at radius 3 is 2.56 bits per heavy atom. The third-order valence-electron chi connectivity index (χ3n) is 1.93. The van der Waals surface area contributed by atoms with Crippen LogP contribution in [0.15, 0.2) is 24.3 Å². The van der Waals surface area contributed by atoms with Gasteiger partial charge in [-0.05, 0) is 11.6 Å². The number of benzene rings is 1. The van der Waals surface area contributed by atoms with E-state index >= 15 is 0 Å². The van der Waals surface area contributed by atoms with Crippen LogP contribution >= 0.6 is 15.9 Å². The summed E-state index contributed by atoms with van der Waals surface area (Å²) in [5.41, 5.74) is -0.475. The monoisotopic (exact) mass is 296 g/mol. The Kier molecular flexibility index (Phi) is 3.96. The number of hydrogen-bond donors (Lipinski definition) is 1. The highest BCUT2D eigenvalue weighted by molar-refractivity contribution is 9.09. The van der Waals surface area contributed by atoms with Gasteiger partial charge in [-0.1, -0.05) is 34.1 Å². The molecule has 0 aliphatic carbocycles. The van der Waals surface area contributed by atoms with Crippen molar-refractivity contribution in [3.63, 3.8) is 0 Å². The molecule has 2 nitrogen and oxygen atoms in total. The molecule has 0 saturated carbocycles. The number of aliphatic carboxylic acids is 1. The molecule has 1 aromatic carbocycles. The van der Waals surface area contributed by atoms with E-state index in [1.54, 1.807) is 0 Å². The number of alkyl halides is 4. The van der Waals surface area contributed by atoms with Crippen LogP contribution < -0.4 is 0 Å². The molecule has 0 heterocycles. The molecule has 16 heavy (non-hydrogen) atoms. The van der Waals surface area contributed by atoms with Crippen molar-refractivity contribution in [3.8, 4) is 0 Å². The van der Waals surface area contributed by atoms with Gasteiger partial charge in [-0.25, -0.2) is 0 Å². The van der Waals surface area contributed by atoms with Crippen molar-refractivity contribution in [2.24, 2.45) is 0 Å². The first-order valence-electron chi connectivity index (χ1n) is 4.33. The minimum Gasteiger partial charge on any atom is -0.481 e. The van der Waals surface area contributed by atoms with Gasteiger partial charge in [-0.2, -0.15) is 13.2 Å². The van der Waals surface area contributed by atoms with Crippen LogP contribution in [0.5, 0.6) is 0 Å². The third kappa shape index (κ3) is 3.52. The highest BCUT2D eigenvalue weighted by atomic mass is 79.9. The van der Waals surface area contributed by atoms with Crippen molar-refractivity contribution in [1.82, 2.24) is 0 Å². The van der Waals surface area contributed by atoms with E-state index in [2.05, 4.69) is 15.9 Å². The predicted octanol–water partition coefficient (Wildman–Crippen LogP) is 3.62. The Balaban J connectivity index is 2.94. The van der Waals surface area contributed by atoms with E-state index in [4.69, 9.17) is 5.11 Å². The number of carboxylic acid groups (broad SMARTS) is 1. The Morgan fingerprint density at radius 2 is 2.06 bits per heavy atom. The van der Waals surface area contributed by atoms with Crippen molar-refractivity contribution in [2.45, 2.75) is 17.4 Å². The minimum atomic E-state index is -4.41. The van der Waals surface area contributed by atoms with E-state index in [-0.39, 0.29) is 6.42 Å². The summed E-state index contributed by atoms with van der Waals surface area (Å²) in [7, 11) is 0. The van der Waals surface area contributed by atoms with Crippen LogP contribution in [-0.4, -0.2) is 11.1 Å². The Bertz CT molecular complexity index is 390. The molecule has 0 saturated heterocycles. The van der Waals surface area contributed by atoms with Crippen molar-refractivity contribution in [2.75, 3.05) is 0 Å². The normalized spacial score (nSPS) is 13.5. The minimum absolute atomic E-state index is 0.263. The lowest BCUT2D eigenvalue weighted by Crippen LogP contribution is -2.06. The molecule has 0 aliphatic heterocycles. The number of halogens is 4. The zero-order valence-electron chi connectivity index (χ0n) is 7.96. The van der Waals surface area contributed by atoms with Gasteiger partial charge in [0.2, 0.25) is 0 Å². The molecule has 6 heteroatoms. The number of rotatable bonds is 3. The summed E-state index contributed by atoms with van der Waals surface area (Å²) in [6.45, 7) is 0. The lowest BCUT2D eigenvalue weighted by atomic mass is 10.1. The fraction of sp³-hybridized carbons (Fsp3) is 0.300. The highest BCUT2D eigenvalue weighted by Crippen LogP contribution is 2.33. The number of carbonyl (C=O) groups is 1. The molecule has 0 fully saturated rings. The van der Waals surface area contributed by atoms with E-state index in [0.29, 0.717) is 5.56 Å². The second-order valence-corrected chi connectivity index (χ2v) is 4.29. The van der Waals surface area contributed by atoms with Gasteiger partial charge in [0, 0.05) is 4.83 Å². The first-order chi connectivity index (χ1) is 7.30. The van der Waals surface area contributed by atoms with Crippen LogP contribution in [0.4, 0.5) is 13.2 Å². The lowest BCUT2D eigenvalue weighted by Gasteiger charge is -2.11. The Labute approximate surface area is 98.2 Å². The maximum absolute atomic E-state index is 12.4. The maximum atomic E-state index is 12.4. The smallest absolute Gasteiger partial charge is 0.416 e. The molecule has 0 aliphatic rings. The quantitative estimate of drug-likeness (QED) is 0.865. The van der Waals surface area contributed by atoms with Gasteiger partial charge in [0.25, 0.3) is 0 Å². The molecule has 1 atom stereocenters. The highest BCUT2D eigenvalue weighted by Gasteiger charge is 2.30. The second-order valence-electron chi connectivity index (χ2n) is 3.19. The fourth-order valence-corrected chi connectivity index (χ4v) is 1.74. The average Bonchev–Trinajstić information content (AvgIpc) is 2.15. The van der Waals surface area contributed by atoms with Crippen LogP contribution in [0.25, 0.3) is 0 Å². The summed E-state index contributed by atoms with van der Waals surface area (Å²) >= 11 is 3.04. The van der Waals surface area contributed by atoms with E-state index in [1.807, 2.05) is 0 Å².